The lowest BCUT2D eigenvalue weighted by Crippen LogP contribution is -2.37. The summed E-state index contributed by atoms with van der Waals surface area (Å²) in [6, 6.07) is -0.188. The van der Waals surface area contributed by atoms with Crippen molar-refractivity contribution in [1.82, 2.24) is 19.5 Å². The highest BCUT2D eigenvalue weighted by Gasteiger charge is 2.30. The number of anilines is 1. The molecular formula is C22H32FN5O5S. The molecule has 1 aliphatic heterocycles. The van der Waals surface area contributed by atoms with Gasteiger partial charge >= 0.3 is 0 Å². The maximum Gasteiger partial charge on any atom is 0.282 e. The van der Waals surface area contributed by atoms with E-state index in [9.17, 15) is 22.7 Å². The number of hydrogen-bond acceptors (Lipinski definition) is 8. The van der Waals surface area contributed by atoms with E-state index in [4.69, 9.17) is 4.74 Å². The molecule has 0 bridgehead atoms. The van der Waals surface area contributed by atoms with E-state index >= 15 is 0 Å². The number of ether oxygens (including phenoxy) is 1. The molecule has 1 fully saturated rings. The van der Waals surface area contributed by atoms with Gasteiger partial charge in [-0.25, -0.2) is 22.8 Å². The van der Waals surface area contributed by atoms with Crippen molar-refractivity contribution in [3.63, 3.8) is 0 Å². The van der Waals surface area contributed by atoms with Gasteiger partial charge in [0, 0.05) is 32.1 Å². The zero-order chi connectivity index (χ0) is 24.7. The lowest BCUT2D eigenvalue weighted by Gasteiger charge is -2.32. The normalized spacial score (nSPS) is 15.9. The third-order valence-corrected chi connectivity index (χ3v) is 7.27. The number of nitrogens with zero attached hydrogens (tertiary/aromatic N) is 4. The van der Waals surface area contributed by atoms with Gasteiger partial charge in [0.25, 0.3) is 5.56 Å². The largest absolute Gasteiger partial charge is 0.492 e. The molecule has 0 spiro atoms. The molecule has 3 heterocycles. The molecule has 1 saturated heterocycles. The van der Waals surface area contributed by atoms with Crippen LogP contribution in [0.3, 0.4) is 0 Å². The number of hydrogen-bond donors (Lipinski definition) is 2. The fourth-order valence-electron chi connectivity index (χ4n) is 4.24. The van der Waals surface area contributed by atoms with E-state index in [-0.39, 0.29) is 24.2 Å². The van der Waals surface area contributed by atoms with Crippen LogP contribution in [-0.2, 0) is 27.6 Å². The van der Waals surface area contributed by atoms with Gasteiger partial charge in [-0.3, -0.25) is 14.1 Å². The summed E-state index contributed by atoms with van der Waals surface area (Å²) < 4.78 is 47.6. The average Bonchev–Trinajstić information content (AvgIpc) is 2.83. The highest BCUT2D eigenvalue weighted by Crippen LogP contribution is 2.32. The first-order valence-electron chi connectivity index (χ1n) is 11.6. The first-order valence-corrected chi connectivity index (χ1v) is 13.3. The summed E-state index contributed by atoms with van der Waals surface area (Å²) in [5.41, 5.74) is -1.08. The zero-order valence-electron chi connectivity index (χ0n) is 19.5. The van der Waals surface area contributed by atoms with Crippen LogP contribution in [0, 0.1) is 11.7 Å². The van der Waals surface area contributed by atoms with Crippen LogP contribution in [0.4, 0.5) is 10.1 Å². The third-order valence-electron chi connectivity index (χ3n) is 6.01. The van der Waals surface area contributed by atoms with Crippen LogP contribution < -0.4 is 10.3 Å². The summed E-state index contributed by atoms with van der Waals surface area (Å²) in [7, 11) is -4.05. The van der Waals surface area contributed by atoms with Crippen LogP contribution in [0.25, 0.3) is 0 Å². The van der Waals surface area contributed by atoms with Crippen molar-refractivity contribution in [2.75, 3.05) is 23.7 Å². The van der Waals surface area contributed by atoms with Crippen LogP contribution in [0.2, 0.25) is 0 Å². The number of rotatable bonds is 11. The van der Waals surface area contributed by atoms with Gasteiger partial charge in [0.1, 0.15) is 11.6 Å². The predicted octanol–water partition coefficient (Wildman–Crippen LogP) is 2.58. The van der Waals surface area contributed by atoms with Crippen molar-refractivity contribution in [1.29, 1.82) is 0 Å². The van der Waals surface area contributed by atoms with Crippen LogP contribution in [0.15, 0.2) is 17.2 Å². The Balaban J connectivity index is 1.92. The molecule has 0 aromatic carbocycles. The molecule has 2 N–H and O–H groups in total. The number of aryl methyl sites for hydroxylation is 2. The van der Waals surface area contributed by atoms with Gasteiger partial charge < -0.3 is 9.84 Å². The molecule has 1 atom stereocenters. The van der Waals surface area contributed by atoms with Gasteiger partial charge in [0.15, 0.2) is 11.5 Å². The molecule has 0 aliphatic carbocycles. The first-order chi connectivity index (χ1) is 16.3. The Labute approximate surface area is 198 Å². The van der Waals surface area contributed by atoms with E-state index in [1.807, 2.05) is 13.8 Å². The van der Waals surface area contributed by atoms with E-state index in [0.29, 0.717) is 31.9 Å². The Morgan fingerprint density at radius 1 is 1.24 bits per heavy atom. The minimum absolute atomic E-state index is 0.0910. The number of unbranched alkanes of at least 4 members (excludes halogenated alkanes) is 1. The fraction of sp³-hybridized carbons (Fsp3) is 0.636. The lowest BCUT2D eigenvalue weighted by atomic mass is 9.89. The monoisotopic (exact) mass is 497 g/mol. The molecule has 12 heteroatoms. The highest BCUT2D eigenvalue weighted by atomic mass is 32.2. The number of halogens is 1. The van der Waals surface area contributed by atoms with E-state index in [1.54, 1.807) is 4.57 Å². The van der Waals surface area contributed by atoms with Crippen molar-refractivity contribution < 1.29 is 22.7 Å². The van der Waals surface area contributed by atoms with Gasteiger partial charge in [-0.1, -0.05) is 20.3 Å². The summed E-state index contributed by atoms with van der Waals surface area (Å²) in [6.07, 6.45) is 6.20. The Morgan fingerprint density at radius 3 is 2.53 bits per heavy atom. The Hall–Kier alpha value is -2.60. The van der Waals surface area contributed by atoms with Crippen molar-refractivity contribution in [2.45, 2.75) is 64.8 Å². The van der Waals surface area contributed by atoms with E-state index < -0.39 is 38.7 Å². The summed E-state index contributed by atoms with van der Waals surface area (Å²) in [5.74, 6) is -0.942. The van der Waals surface area contributed by atoms with Gasteiger partial charge in [0.2, 0.25) is 15.9 Å². The minimum atomic E-state index is -4.05. The topological polar surface area (TPSA) is 136 Å². The molecule has 1 aliphatic rings. The van der Waals surface area contributed by atoms with Crippen molar-refractivity contribution >= 4 is 15.7 Å². The van der Waals surface area contributed by atoms with E-state index in [1.165, 1.54) is 0 Å². The van der Waals surface area contributed by atoms with Crippen LogP contribution in [-0.4, -0.2) is 52.0 Å². The molecule has 2 aromatic heterocycles. The molecule has 188 valence electrons. The van der Waals surface area contributed by atoms with Gasteiger partial charge in [-0.2, -0.15) is 4.98 Å². The predicted molar refractivity (Wildman–Crippen MR) is 125 cm³/mol. The number of sulfonamides is 1. The molecule has 3 rings (SSSR count). The molecule has 2 aromatic rings. The Morgan fingerprint density at radius 2 is 1.91 bits per heavy atom. The molecule has 10 nitrogen and oxygen atoms in total. The molecule has 34 heavy (non-hydrogen) atoms. The molecule has 1 unspecified atom stereocenters. The Kier molecular flexibility index (Phi) is 8.95. The average molecular weight is 498 g/mol. The second-order valence-electron chi connectivity index (χ2n) is 8.42. The second-order valence-corrected chi connectivity index (χ2v) is 10.3. The van der Waals surface area contributed by atoms with Crippen LogP contribution in [0.5, 0.6) is 5.88 Å². The minimum Gasteiger partial charge on any atom is -0.492 e. The molecule has 0 radical (unpaired) electrons. The number of aromatic hydroxyl groups is 1. The molecular weight excluding hydrogens is 465 g/mol. The number of aromatic nitrogens is 4. The summed E-state index contributed by atoms with van der Waals surface area (Å²) >= 11 is 0. The highest BCUT2D eigenvalue weighted by molar-refractivity contribution is 7.92. The van der Waals surface area contributed by atoms with Crippen molar-refractivity contribution in [3.05, 3.63) is 40.2 Å². The first kappa shape index (κ1) is 26.0. The van der Waals surface area contributed by atoms with Crippen LogP contribution >= 0.6 is 0 Å². The van der Waals surface area contributed by atoms with Crippen molar-refractivity contribution in [3.8, 4) is 5.88 Å². The summed E-state index contributed by atoms with van der Waals surface area (Å²) in [6.45, 7) is 5.22. The molecule has 0 amide bonds. The smallest absolute Gasteiger partial charge is 0.282 e. The quantitative estimate of drug-likeness (QED) is 0.483. The Bertz CT molecular complexity index is 1120. The standard InChI is InChI=1S/C22H32FN5O5S/c1-3-5-6-19-26-21(29)20(22(30)28(19)17(4-2)15-7-10-33-11-8-15)27-34(31,32)12-9-18-24-13-16(23)14-25-18/h13-15,17,27,29H,3-12H2,1-2H3. The van der Waals surface area contributed by atoms with Crippen LogP contribution in [0.1, 0.15) is 63.6 Å². The van der Waals surface area contributed by atoms with E-state index in [2.05, 4.69) is 19.7 Å². The summed E-state index contributed by atoms with van der Waals surface area (Å²) in [4.78, 5) is 25.3. The van der Waals surface area contributed by atoms with Gasteiger partial charge in [-0.15, -0.1) is 0 Å². The van der Waals surface area contributed by atoms with Gasteiger partial charge in [0.05, 0.1) is 18.1 Å². The fourth-order valence-corrected chi connectivity index (χ4v) is 5.28. The third kappa shape index (κ3) is 6.50. The van der Waals surface area contributed by atoms with E-state index in [0.717, 1.165) is 38.1 Å². The maximum absolute atomic E-state index is 13.5. The summed E-state index contributed by atoms with van der Waals surface area (Å²) in [5, 5.41) is 10.5. The van der Waals surface area contributed by atoms with Gasteiger partial charge in [-0.05, 0) is 31.6 Å². The number of nitrogens with one attached hydrogen (secondary N) is 1. The second kappa shape index (κ2) is 11.7. The molecule has 0 saturated carbocycles. The zero-order valence-corrected chi connectivity index (χ0v) is 20.4. The SMILES string of the molecule is CCCCc1nc(O)c(NS(=O)(=O)CCc2ncc(F)cn2)c(=O)n1C(CC)C1CCOCC1. The maximum atomic E-state index is 13.5. The lowest BCUT2D eigenvalue weighted by molar-refractivity contribution is 0.0466. The van der Waals surface area contributed by atoms with Crippen molar-refractivity contribution in [2.24, 2.45) is 5.92 Å².